The Labute approximate surface area is 104 Å². The van der Waals surface area contributed by atoms with Gasteiger partial charge in [-0.05, 0) is 19.2 Å². The summed E-state index contributed by atoms with van der Waals surface area (Å²) >= 11 is 0. The van der Waals surface area contributed by atoms with E-state index in [1.54, 1.807) is 6.92 Å². The van der Waals surface area contributed by atoms with Crippen LogP contribution in [0.2, 0.25) is 0 Å². The summed E-state index contributed by atoms with van der Waals surface area (Å²) in [6, 6.07) is 0. The highest BCUT2D eigenvalue weighted by Gasteiger charge is 2.18. The van der Waals surface area contributed by atoms with E-state index in [0.717, 1.165) is 32.7 Å². The Balaban J connectivity index is 2.42. The van der Waals surface area contributed by atoms with Gasteiger partial charge < -0.3 is 14.7 Å². The van der Waals surface area contributed by atoms with Gasteiger partial charge in [0.25, 0.3) is 0 Å². The number of amides is 1. The summed E-state index contributed by atoms with van der Waals surface area (Å²) in [5, 5.41) is 0. The third-order valence-corrected chi connectivity index (χ3v) is 3.21. The van der Waals surface area contributed by atoms with E-state index in [2.05, 4.69) is 24.5 Å². The monoisotopic (exact) mass is 237 g/mol. The number of carbonyl (C=O) groups is 1. The van der Waals surface area contributed by atoms with Crippen molar-refractivity contribution in [2.75, 3.05) is 39.8 Å². The van der Waals surface area contributed by atoms with Crippen molar-refractivity contribution in [3.05, 3.63) is 24.6 Å². The molecule has 0 N–H and O–H groups in total. The minimum Gasteiger partial charge on any atom is -0.377 e. The van der Waals surface area contributed by atoms with Crippen molar-refractivity contribution in [1.29, 1.82) is 0 Å². The Hall–Kier alpha value is -1.45. The fourth-order valence-electron chi connectivity index (χ4n) is 1.85. The lowest BCUT2D eigenvalue weighted by molar-refractivity contribution is -0.130. The van der Waals surface area contributed by atoms with E-state index in [4.69, 9.17) is 0 Å². The van der Waals surface area contributed by atoms with Crippen LogP contribution in [0.3, 0.4) is 0 Å². The van der Waals surface area contributed by atoms with E-state index < -0.39 is 0 Å². The maximum Gasteiger partial charge on any atom is 0.219 e. The predicted molar refractivity (Wildman–Crippen MR) is 70.4 cm³/mol. The first-order chi connectivity index (χ1) is 8.04. The molecular formula is C13H23N3O. The summed E-state index contributed by atoms with van der Waals surface area (Å²) in [5.74, 6) is 0.178. The van der Waals surface area contributed by atoms with Crippen LogP contribution < -0.4 is 0 Å². The minimum absolute atomic E-state index is 0.178. The number of allylic oxidation sites excluding steroid dienone is 1. The first kappa shape index (κ1) is 13.6. The smallest absolute Gasteiger partial charge is 0.219 e. The fraction of sp³-hybridized carbons (Fsp3) is 0.615. The molecule has 0 aromatic carbocycles. The average Bonchev–Trinajstić information content (AvgIpc) is 2.35. The molecule has 1 fully saturated rings. The van der Waals surface area contributed by atoms with Crippen LogP contribution in [0.5, 0.6) is 0 Å². The molecule has 0 atom stereocenters. The van der Waals surface area contributed by atoms with Crippen LogP contribution in [0.1, 0.15) is 13.8 Å². The van der Waals surface area contributed by atoms with Crippen molar-refractivity contribution < 1.29 is 4.79 Å². The molecule has 0 aliphatic carbocycles. The number of piperazine rings is 1. The number of likely N-dealkylation sites (N-methyl/N-ethyl adjacent to an activating group) is 1. The molecule has 1 aliphatic heterocycles. The van der Waals surface area contributed by atoms with Crippen molar-refractivity contribution in [2.24, 2.45) is 0 Å². The van der Waals surface area contributed by atoms with Gasteiger partial charge in [-0.25, -0.2) is 0 Å². The summed E-state index contributed by atoms with van der Waals surface area (Å²) in [6.07, 6.45) is 4.02. The molecule has 1 saturated heterocycles. The van der Waals surface area contributed by atoms with E-state index >= 15 is 0 Å². The molecule has 0 unspecified atom stereocenters. The standard InChI is InChI=1S/C13H23N3O/c1-5-14(4)7-6-12(2)15-8-10-16(11-9-15)13(3)17/h5-6H,1,7-11H2,2-4H3/b12-6+. The van der Waals surface area contributed by atoms with Gasteiger partial charge in [0.05, 0.1) is 0 Å². The number of nitrogens with zero attached hydrogens (tertiary/aromatic N) is 3. The Morgan fingerprint density at radius 2 is 1.76 bits per heavy atom. The molecule has 1 rings (SSSR count). The molecular weight excluding hydrogens is 214 g/mol. The van der Waals surface area contributed by atoms with Crippen LogP contribution >= 0.6 is 0 Å². The van der Waals surface area contributed by atoms with E-state index in [0.29, 0.717) is 0 Å². The highest BCUT2D eigenvalue weighted by molar-refractivity contribution is 5.73. The molecule has 0 aromatic rings. The average molecular weight is 237 g/mol. The molecule has 0 radical (unpaired) electrons. The maximum atomic E-state index is 11.2. The summed E-state index contributed by atoms with van der Waals surface area (Å²) < 4.78 is 0. The molecule has 1 heterocycles. The molecule has 17 heavy (non-hydrogen) atoms. The van der Waals surface area contributed by atoms with Crippen molar-refractivity contribution in [3.63, 3.8) is 0 Å². The van der Waals surface area contributed by atoms with Gasteiger partial charge in [-0.1, -0.05) is 6.58 Å². The molecule has 4 nitrogen and oxygen atoms in total. The van der Waals surface area contributed by atoms with Crippen LogP contribution in [0.15, 0.2) is 24.6 Å². The lowest BCUT2D eigenvalue weighted by atomic mass is 10.2. The molecule has 0 bridgehead atoms. The Morgan fingerprint density at radius 1 is 1.24 bits per heavy atom. The van der Waals surface area contributed by atoms with E-state index in [1.807, 2.05) is 23.0 Å². The number of hydrogen-bond donors (Lipinski definition) is 0. The zero-order valence-corrected chi connectivity index (χ0v) is 11.1. The summed E-state index contributed by atoms with van der Waals surface area (Å²) in [5.41, 5.74) is 1.28. The zero-order valence-electron chi connectivity index (χ0n) is 11.1. The van der Waals surface area contributed by atoms with E-state index in [1.165, 1.54) is 5.70 Å². The highest BCUT2D eigenvalue weighted by Crippen LogP contribution is 2.09. The van der Waals surface area contributed by atoms with Crippen molar-refractivity contribution >= 4 is 5.91 Å². The van der Waals surface area contributed by atoms with Crippen LogP contribution in [0, 0.1) is 0 Å². The first-order valence-corrected chi connectivity index (χ1v) is 6.04. The second kappa shape index (κ2) is 6.33. The van der Waals surface area contributed by atoms with Gasteiger partial charge in [-0.15, -0.1) is 0 Å². The van der Waals surface area contributed by atoms with Crippen LogP contribution in [-0.4, -0.2) is 60.4 Å². The Morgan fingerprint density at radius 3 is 2.24 bits per heavy atom. The molecule has 96 valence electrons. The third-order valence-electron chi connectivity index (χ3n) is 3.21. The second-order valence-electron chi connectivity index (χ2n) is 4.46. The molecule has 4 heteroatoms. The highest BCUT2D eigenvalue weighted by atomic mass is 16.2. The molecule has 1 amide bonds. The third kappa shape index (κ3) is 4.13. The van der Waals surface area contributed by atoms with Crippen LogP contribution in [-0.2, 0) is 4.79 Å². The van der Waals surface area contributed by atoms with Crippen molar-refractivity contribution in [1.82, 2.24) is 14.7 Å². The quantitative estimate of drug-likeness (QED) is 0.733. The zero-order chi connectivity index (χ0) is 12.8. The van der Waals surface area contributed by atoms with Gasteiger partial charge in [0.1, 0.15) is 0 Å². The molecule has 0 spiro atoms. The van der Waals surface area contributed by atoms with Gasteiger partial charge in [0.2, 0.25) is 5.91 Å². The molecule has 0 saturated carbocycles. The number of carbonyl (C=O) groups excluding carboxylic acids is 1. The fourth-order valence-corrected chi connectivity index (χ4v) is 1.85. The van der Waals surface area contributed by atoms with Crippen LogP contribution in [0.4, 0.5) is 0 Å². The largest absolute Gasteiger partial charge is 0.377 e. The summed E-state index contributed by atoms with van der Waals surface area (Å²) in [4.78, 5) is 17.5. The van der Waals surface area contributed by atoms with Crippen LogP contribution in [0.25, 0.3) is 0 Å². The number of hydrogen-bond acceptors (Lipinski definition) is 3. The maximum absolute atomic E-state index is 11.2. The van der Waals surface area contributed by atoms with E-state index in [-0.39, 0.29) is 5.91 Å². The Bertz CT molecular complexity index is 304. The first-order valence-electron chi connectivity index (χ1n) is 6.04. The van der Waals surface area contributed by atoms with Gasteiger partial charge in [0.15, 0.2) is 0 Å². The predicted octanol–water partition coefficient (Wildman–Crippen LogP) is 1.13. The molecule has 0 aromatic heterocycles. The molecule has 1 aliphatic rings. The van der Waals surface area contributed by atoms with Gasteiger partial charge in [0, 0.05) is 52.4 Å². The summed E-state index contributed by atoms with van der Waals surface area (Å²) in [6.45, 7) is 11.9. The topological polar surface area (TPSA) is 26.8 Å². The lowest BCUT2D eigenvalue weighted by Crippen LogP contribution is -2.47. The lowest BCUT2D eigenvalue weighted by Gasteiger charge is -2.36. The van der Waals surface area contributed by atoms with Gasteiger partial charge >= 0.3 is 0 Å². The second-order valence-corrected chi connectivity index (χ2v) is 4.46. The number of rotatable bonds is 4. The van der Waals surface area contributed by atoms with E-state index in [9.17, 15) is 4.79 Å². The normalized spacial score (nSPS) is 17.0. The Kier molecular flexibility index (Phi) is 5.07. The van der Waals surface area contributed by atoms with Gasteiger partial charge in [-0.3, -0.25) is 4.79 Å². The van der Waals surface area contributed by atoms with Gasteiger partial charge in [-0.2, -0.15) is 0 Å². The minimum atomic E-state index is 0.178. The summed E-state index contributed by atoms with van der Waals surface area (Å²) in [7, 11) is 2.00. The SMILES string of the molecule is C=CN(C)C/C=C(\C)N1CCN(C(C)=O)CC1. The van der Waals surface area contributed by atoms with Crippen molar-refractivity contribution in [3.8, 4) is 0 Å². The van der Waals surface area contributed by atoms with Crippen molar-refractivity contribution in [2.45, 2.75) is 13.8 Å².